The number of aryl methyl sites for hydroxylation is 2. The van der Waals surface area contributed by atoms with Crippen LogP contribution in [0.1, 0.15) is 42.0 Å². The van der Waals surface area contributed by atoms with Gasteiger partial charge in [0, 0.05) is 23.1 Å². The SMILES string of the molecule is O[C@@H](CCc1cc(F)cc(F)c1)CN[C@H]1CCCc2ccc(Br)cc21. The van der Waals surface area contributed by atoms with Gasteiger partial charge in [0.25, 0.3) is 0 Å². The lowest BCUT2D eigenvalue weighted by Gasteiger charge is -2.27. The van der Waals surface area contributed by atoms with Gasteiger partial charge in [-0.3, -0.25) is 0 Å². The third-order valence-corrected chi connectivity index (χ3v) is 5.20. The van der Waals surface area contributed by atoms with Crippen LogP contribution < -0.4 is 5.32 Å². The lowest BCUT2D eigenvalue weighted by molar-refractivity contribution is 0.156. The van der Waals surface area contributed by atoms with E-state index in [0.29, 0.717) is 24.9 Å². The molecule has 0 fully saturated rings. The fourth-order valence-corrected chi connectivity index (χ4v) is 3.83. The van der Waals surface area contributed by atoms with Crippen molar-refractivity contribution in [3.8, 4) is 0 Å². The molecule has 3 rings (SSSR count). The molecule has 2 nitrogen and oxygen atoms in total. The zero-order valence-electron chi connectivity index (χ0n) is 13.9. The molecule has 25 heavy (non-hydrogen) atoms. The minimum atomic E-state index is -0.577. The van der Waals surface area contributed by atoms with Crippen LogP contribution in [0.5, 0.6) is 0 Å². The van der Waals surface area contributed by atoms with Gasteiger partial charge in [0.15, 0.2) is 0 Å². The van der Waals surface area contributed by atoms with Crippen LogP contribution in [-0.4, -0.2) is 17.8 Å². The lowest BCUT2D eigenvalue weighted by atomic mass is 9.87. The third kappa shape index (κ3) is 5.09. The van der Waals surface area contributed by atoms with Crippen LogP contribution in [0.15, 0.2) is 40.9 Å². The smallest absolute Gasteiger partial charge is 0.126 e. The molecule has 1 aliphatic rings. The van der Waals surface area contributed by atoms with E-state index in [1.54, 1.807) is 0 Å². The van der Waals surface area contributed by atoms with Crippen molar-refractivity contribution in [1.29, 1.82) is 0 Å². The van der Waals surface area contributed by atoms with Gasteiger partial charge in [0.05, 0.1) is 6.10 Å². The normalized spacial score (nSPS) is 18.0. The van der Waals surface area contributed by atoms with E-state index in [2.05, 4.69) is 39.4 Å². The largest absolute Gasteiger partial charge is 0.392 e. The second-order valence-corrected chi connectivity index (χ2v) is 7.58. The highest BCUT2D eigenvalue weighted by molar-refractivity contribution is 9.10. The molecule has 0 spiro atoms. The molecule has 0 bridgehead atoms. The summed E-state index contributed by atoms with van der Waals surface area (Å²) >= 11 is 3.52. The Hall–Kier alpha value is -1.30. The van der Waals surface area contributed by atoms with Crippen LogP contribution >= 0.6 is 15.9 Å². The molecular formula is C20H22BrF2NO. The van der Waals surface area contributed by atoms with Gasteiger partial charge in [-0.25, -0.2) is 8.78 Å². The average molecular weight is 410 g/mol. The highest BCUT2D eigenvalue weighted by Crippen LogP contribution is 2.31. The molecule has 0 unspecified atom stereocenters. The summed E-state index contributed by atoms with van der Waals surface area (Å²) in [6, 6.07) is 10.1. The standard InChI is InChI=1S/C20H22BrF2NO/c21-15-6-5-14-2-1-3-20(19(14)10-15)24-12-18(25)7-4-13-8-16(22)11-17(23)9-13/h5-6,8-11,18,20,24-25H,1-4,7,12H2/t18-,20-/m0/s1. The number of hydrogen-bond donors (Lipinski definition) is 2. The summed E-state index contributed by atoms with van der Waals surface area (Å²) in [6.07, 6.45) is 3.63. The van der Waals surface area contributed by atoms with Crippen molar-refractivity contribution in [2.45, 2.75) is 44.2 Å². The quantitative estimate of drug-likeness (QED) is 0.725. The first-order chi connectivity index (χ1) is 12.0. The number of nitrogens with one attached hydrogen (secondary N) is 1. The maximum atomic E-state index is 13.2. The van der Waals surface area contributed by atoms with Crippen LogP contribution in [0.25, 0.3) is 0 Å². The Balaban J connectivity index is 1.53. The maximum absolute atomic E-state index is 13.2. The maximum Gasteiger partial charge on any atom is 0.126 e. The number of fused-ring (bicyclic) bond motifs is 1. The summed E-state index contributed by atoms with van der Waals surface area (Å²) in [5.74, 6) is -1.15. The molecule has 0 saturated carbocycles. The number of rotatable bonds is 6. The van der Waals surface area contributed by atoms with Crippen molar-refractivity contribution in [2.24, 2.45) is 0 Å². The Morgan fingerprint density at radius 1 is 1.16 bits per heavy atom. The fourth-order valence-electron chi connectivity index (χ4n) is 3.45. The molecule has 0 aliphatic heterocycles. The van der Waals surface area contributed by atoms with E-state index in [0.717, 1.165) is 29.8 Å². The van der Waals surface area contributed by atoms with Crippen molar-refractivity contribution in [2.75, 3.05) is 6.54 Å². The molecule has 2 N–H and O–H groups in total. The number of halogens is 3. The van der Waals surface area contributed by atoms with Gasteiger partial charge in [-0.1, -0.05) is 22.0 Å². The molecule has 5 heteroatoms. The molecule has 134 valence electrons. The van der Waals surface area contributed by atoms with E-state index in [4.69, 9.17) is 0 Å². The van der Waals surface area contributed by atoms with Crippen LogP contribution in [-0.2, 0) is 12.8 Å². The Kier molecular flexibility index (Phi) is 6.20. The van der Waals surface area contributed by atoms with Gasteiger partial charge >= 0.3 is 0 Å². The van der Waals surface area contributed by atoms with Gasteiger partial charge in [-0.05, 0) is 73.1 Å². The van der Waals surface area contributed by atoms with Crippen molar-refractivity contribution in [3.05, 3.63) is 69.2 Å². The van der Waals surface area contributed by atoms with Gasteiger partial charge in [0.2, 0.25) is 0 Å². The fraction of sp³-hybridized carbons (Fsp3) is 0.400. The zero-order chi connectivity index (χ0) is 17.8. The van der Waals surface area contributed by atoms with E-state index in [9.17, 15) is 13.9 Å². The molecule has 2 aromatic carbocycles. The lowest BCUT2D eigenvalue weighted by Crippen LogP contribution is -2.32. The predicted molar refractivity (Wildman–Crippen MR) is 98.5 cm³/mol. The highest BCUT2D eigenvalue weighted by Gasteiger charge is 2.20. The summed E-state index contributed by atoms with van der Waals surface area (Å²) in [4.78, 5) is 0. The monoisotopic (exact) mass is 409 g/mol. The number of hydrogen-bond acceptors (Lipinski definition) is 2. The molecule has 2 aromatic rings. The van der Waals surface area contributed by atoms with E-state index < -0.39 is 17.7 Å². The van der Waals surface area contributed by atoms with Crippen molar-refractivity contribution < 1.29 is 13.9 Å². The Labute approximate surface area is 155 Å². The first-order valence-electron chi connectivity index (χ1n) is 8.66. The average Bonchev–Trinajstić information content (AvgIpc) is 2.57. The Morgan fingerprint density at radius 3 is 2.68 bits per heavy atom. The molecule has 0 saturated heterocycles. The Morgan fingerprint density at radius 2 is 1.92 bits per heavy atom. The summed E-state index contributed by atoms with van der Waals surface area (Å²) < 4.78 is 27.5. The van der Waals surface area contributed by atoms with Crippen molar-refractivity contribution >= 4 is 15.9 Å². The highest BCUT2D eigenvalue weighted by atomic mass is 79.9. The summed E-state index contributed by atoms with van der Waals surface area (Å²) in [5, 5.41) is 13.7. The van der Waals surface area contributed by atoms with Crippen LogP contribution in [0.4, 0.5) is 8.78 Å². The van der Waals surface area contributed by atoms with E-state index in [1.165, 1.54) is 23.3 Å². The van der Waals surface area contributed by atoms with Crippen molar-refractivity contribution in [3.63, 3.8) is 0 Å². The Bertz CT molecular complexity index is 717. The summed E-state index contributed by atoms with van der Waals surface area (Å²) in [6.45, 7) is 0.467. The van der Waals surface area contributed by atoms with Gasteiger partial charge < -0.3 is 10.4 Å². The van der Waals surface area contributed by atoms with Crippen LogP contribution in [0, 0.1) is 11.6 Å². The predicted octanol–water partition coefficient (Wildman–Crippen LogP) is 4.69. The van der Waals surface area contributed by atoms with E-state index in [1.807, 2.05) is 0 Å². The van der Waals surface area contributed by atoms with Gasteiger partial charge in [-0.15, -0.1) is 0 Å². The minimum Gasteiger partial charge on any atom is -0.392 e. The van der Waals surface area contributed by atoms with E-state index in [-0.39, 0.29) is 6.04 Å². The number of aliphatic hydroxyl groups is 1. The number of aliphatic hydroxyl groups excluding tert-OH is 1. The first-order valence-corrected chi connectivity index (χ1v) is 9.45. The number of benzene rings is 2. The molecule has 2 atom stereocenters. The zero-order valence-corrected chi connectivity index (χ0v) is 15.5. The molecule has 0 heterocycles. The molecule has 1 aliphatic carbocycles. The molecular weight excluding hydrogens is 388 g/mol. The van der Waals surface area contributed by atoms with E-state index >= 15 is 0 Å². The minimum absolute atomic E-state index is 0.238. The van der Waals surface area contributed by atoms with Gasteiger partial charge in [0.1, 0.15) is 11.6 Å². The molecule has 0 amide bonds. The second-order valence-electron chi connectivity index (χ2n) is 6.67. The van der Waals surface area contributed by atoms with Gasteiger partial charge in [-0.2, -0.15) is 0 Å². The van der Waals surface area contributed by atoms with Crippen LogP contribution in [0.2, 0.25) is 0 Å². The van der Waals surface area contributed by atoms with Crippen molar-refractivity contribution in [1.82, 2.24) is 5.32 Å². The van der Waals surface area contributed by atoms with Crippen LogP contribution in [0.3, 0.4) is 0 Å². The molecule has 0 radical (unpaired) electrons. The second kappa shape index (κ2) is 8.39. The topological polar surface area (TPSA) is 32.3 Å². The summed E-state index contributed by atoms with van der Waals surface area (Å²) in [5.41, 5.74) is 3.22. The molecule has 0 aromatic heterocycles. The first kappa shape index (κ1) is 18.5. The summed E-state index contributed by atoms with van der Waals surface area (Å²) in [7, 11) is 0. The third-order valence-electron chi connectivity index (χ3n) is 4.71.